The molecule has 0 aliphatic rings. The normalized spacial score (nSPS) is 11.1. The Morgan fingerprint density at radius 3 is 2.44 bits per heavy atom. The van der Waals surface area contributed by atoms with E-state index in [-0.39, 0.29) is 0 Å². The molecule has 0 fully saturated rings. The van der Waals surface area contributed by atoms with Gasteiger partial charge in [-0.05, 0) is 29.1 Å². The van der Waals surface area contributed by atoms with Crippen LogP contribution < -0.4 is 0 Å². The molecule has 18 heavy (non-hydrogen) atoms. The van der Waals surface area contributed by atoms with E-state index in [9.17, 15) is 0 Å². The summed E-state index contributed by atoms with van der Waals surface area (Å²) in [5.41, 5.74) is 2.24. The van der Waals surface area contributed by atoms with E-state index in [2.05, 4.69) is 11.4 Å². The standard InChI is InChI=1S/C14H6Cl3S/c15-9-3-1-8(2-4-9)11-7-18-14-10(11)5-6-12(16)13(14)17/h1-5,7H. The van der Waals surface area contributed by atoms with Gasteiger partial charge in [-0.2, -0.15) is 0 Å². The topological polar surface area (TPSA) is 0 Å². The lowest BCUT2D eigenvalue weighted by molar-refractivity contribution is 1.68. The van der Waals surface area contributed by atoms with Crippen molar-refractivity contribution < 1.29 is 0 Å². The molecule has 0 spiro atoms. The summed E-state index contributed by atoms with van der Waals surface area (Å²) in [5, 5.41) is 4.90. The number of fused-ring (bicyclic) bond motifs is 1. The molecule has 0 nitrogen and oxygen atoms in total. The summed E-state index contributed by atoms with van der Waals surface area (Å²) in [7, 11) is 0. The average molecular weight is 313 g/mol. The van der Waals surface area contributed by atoms with Crippen molar-refractivity contribution in [2.45, 2.75) is 0 Å². The number of hydrogen-bond donors (Lipinski definition) is 0. The average Bonchev–Trinajstić information content (AvgIpc) is 2.79. The van der Waals surface area contributed by atoms with Crippen LogP contribution in [0, 0.1) is 6.07 Å². The molecule has 0 amide bonds. The molecule has 89 valence electrons. The largest absolute Gasteiger partial charge is 0.142 e. The van der Waals surface area contributed by atoms with Crippen molar-refractivity contribution in [1.29, 1.82) is 0 Å². The molecule has 1 heterocycles. The summed E-state index contributed by atoms with van der Waals surface area (Å²) in [6.45, 7) is 0. The van der Waals surface area contributed by atoms with Crippen molar-refractivity contribution in [3.8, 4) is 11.1 Å². The van der Waals surface area contributed by atoms with Gasteiger partial charge in [-0.1, -0.05) is 46.9 Å². The summed E-state index contributed by atoms with van der Waals surface area (Å²) < 4.78 is 0.991. The van der Waals surface area contributed by atoms with Gasteiger partial charge in [0.15, 0.2) is 0 Å². The number of thiophene rings is 1. The molecule has 4 heteroatoms. The van der Waals surface area contributed by atoms with Crippen molar-refractivity contribution in [1.82, 2.24) is 0 Å². The van der Waals surface area contributed by atoms with E-state index in [1.165, 1.54) is 0 Å². The van der Waals surface area contributed by atoms with Crippen LogP contribution in [0.15, 0.2) is 35.7 Å². The molecule has 0 unspecified atom stereocenters. The first kappa shape index (κ1) is 12.3. The lowest BCUT2D eigenvalue weighted by Crippen LogP contribution is -1.76. The van der Waals surface area contributed by atoms with Gasteiger partial charge in [-0.15, -0.1) is 11.3 Å². The highest BCUT2D eigenvalue weighted by atomic mass is 35.5. The Labute approximate surface area is 124 Å². The van der Waals surface area contributed by atoms with E-state index in [0.29, 0.717) is 10.0 Å². The SMILES string of the molecule is Clc1ccc(-c2csc3c(Cl)c(Cl)[c]cc23)cc1. The Kier molecular flexibility index (Phi) is 3.25. The highest BCUT2D eigenvalue weighted by Crippen LogP contribution is 2.40. The lowest BCUT2D eigenvalue weighted by atomic mass is 10.1. The van der Waals surface area contributed by atoms with Crippen molar-refractivity contribution >= 4 is 56.2 Å². The molecule has 0 saturated carbocycles. The fourth-order valence-electron chi connectivity index (χ4n) is 1.83. The van der Waals surface area contributed by atoms with E-state index in [1.807, 2.05) is 30.3 Å². The molecule has 1 aromatic heterocycles. The second kappa shape index (κ2) is 4.75. The van der Waals surface area contributed by atoms with Crippen LogP contribution in [0.2, 0.25) is 15.1 Å². The van der Waals surface area contributed by atoms with Gasteiger partial charge in [0.1, 0.15) is 0 Å². The van der Waals surface area contributed by atoms with Crippen molar-refractivity contribution in [2.24, 2.45) is 0 Å². The molecule has 3 rings (SSSR count). The minimum atomic E-state index is 0.466. The highest BCUT2D eigenvalue weighted by Gasteiger charge is 2.11. The van der Waals surface area contributed by atoms with Gasteiger partial charge in [0.2, 0.25) is 0 Å². The van der Waals surface area contributed by atoms with Gasteiger partial charge in [-0.25, -0.2) is 0 Å². The Hall–Kier alpha value is -0.730. The third-order valence-corrected chi connectivity index (χ3v) is 4.87. The Morgan fingerprint density at radius 1 is 1.00 bits per heavy atom. The van der Waals surface area contributed by atoms with E-state index in [4.69, 9.17) is 34.8 Å². The maximum Gasteiger partial charge on any atom is 0.0777 e. The monoisotopic (exact) mass is 311 g/mol. The van der Waals surface area contributed by atoms with Crippen molar-refractivity contribution in [3.05, 3.63) is 56.8 Å². The predicted molar refractivity (Wildman–Crippen MR) is 81.1 cm³/mol. The minimum absolute atomic E-state index is 0.466. The van der Waals surface area contributed by atoms with E-state index < -0.39 is 0 Å². The Balaban J connectivity index is 2.25. The molecule has 3 aromatic rings. The van der Waals surface area contributed by atoms with Crippen LogP contribution in [0.25, 0.3) is 21.2 Å². The fourth-order valence-corrected chi connectivity index (χ4v) is 3.45. The third-order valence-electron chi connectivity index (χ3n) is 2.72. The second-order valence-corrected chi connectivity index (χ2v) is 5.89. The lowest BCUT2D eigenvalue weighted by Gasteiger charge is -2.01. The van der Waals surface area contributed by atoms with Gasteiger partial charge in [-0.3, -0.25) is 0 Å². The molecule has 0 atom stereocenters. The Morgan fingerprint density at radius 2 is 1.72 bits per heavy atom. The Bertz CT molecular complexity index is 714. The van der Waals surface area contributed by atoms with Crippen LogP contribution in [0.5, 0.6) is 0 Å². The zero-order chi connectivity index (χ0) is 12.7. The molecular weight excluding hydrogens is 307 g/mol. The van der Waals surface area contributed by atoms with Crippen LogP contribution in [-0.2, 0) is 0 Å². The fraction of sp³-hybridized carbons (Fsp3) is 0. The van der Waals surface area contributed by atoms with Crippen molar-refractivity contribution in [2.75, 3.05) is 0 Å². The van der Waals surface area contributed by atoms with E-state index >= 15 is 0 Å². The molecule has 1 radical (unpaired) electrons. The first-order valence-corrected chi connectivity index (χ1v) is 7.21. The van der Waals surface area contributed by atoms with E-state index in [0.717, 1.165) is 26.2 Å². The van der Waals surface area contributed by atoms with E-state index in [1.54, 1.807) is 11.3 Å². The zero-order valence-corrected chi connectivity index (χ0v) is 12.1. The molecule has 0 bridgehead atoms. The van der Waals surface area contributed by atoms with Gasteiger partial charge >= 0.3 is 0 Å². The second-order valence-electron chi connectivity index (χ2n) is 3.82. The minimum Gasteiger partial charge on any atom is -0.142 e. The third kappa shape index (κ3) is 2.02. The summed E-state index contributed by atoms with van der Waals surface area (Å²) >= 11 is 19.6. The molecule has 0 saturated heterocycles. The van der Waals surface area contributed by atoms with Gasteiger partial charge in [0.25, 0.3) is 0 Å². The first-order valence-electron chi connectivity index (χ1n) is 5.19. The van der Waals surface area contributed by atoms with Crippen molar-refractivity contribution in [3.63, 3.8) is 0 Å². The molecular formula is C14H6Cl3S. The van der Waals surface area contributed by atoms with Gasteiger partial charge < -0.3 is 0 Å². The quantitative estimate of drug-likeness (QED) is 0.492. The van der Waals surface area contributed by atoms with Crippen LogP contribution in [-0.4, -0.2) is 0 Å². The maximum absolute atomic E-state index is 6.18. The van der Waals surface area contributed by atoms with Crippen LogP contribution in [0.1, 0.15) is 0 Å². The molecule has 0 aliphatic heterocycles. The molecule has 0 N–H and O–H groups in total. The summed E-state index contributed by atoms with van der Waals surface area (Å²) in [4.78, 5) is 0. The molecule has 2 aromatic carbocycles. The van der Waals surface area contributed by atoms with Crippen LogP contribution >= 0.6 is 46.1 Å². The summed E-state index contributed by atoms with van der Waals surface area (Å²) in [5.74, 6) is 0. The van der Waals surface area contributed by atoms with Crippen LogP contribution in [0.4, 0.5) is 0 Å². The number of hydrogen-bond acceptors (Lipinski definition) is 1. The van der Waals surface area contributed by atoms with Gasteiger partial charge in [0.05, 0.1) is 14.7 Å². The predicted octanol–water partition coefficient (Wildman–Crippen LogP) is 6.33. The number of rotatable bonds is 1. The number of halogens is 3. The molecule has 0 aliphatic carbocycles. The maximum atomic E-state index is 6.18. The highest BCUT2D eigenvalue weighted by molar-refractivity contribution is 7.18. The summed E-state index contributed by atoms with van der Waals surface area (Å²) in [6.07, 6.45) is 0. The smallest absolute Gasteiger partial charge is 0.0777 e. The summed E-state index contributed by atoms with van der Waals surface area (Å²) in [6, 6.07) is 12.6. The number of benzene rings is 2. The van der Waals surface area contributed by atoms with Crippen LogP contribution in [0.3, 0.4) is 0 Å². The first-order chi connectivity index (χ1) is 8.66. The zero-order valence-electron chi connectivity index (χ0n) is 9.01. The van der Waals surface area contributed by atoms with Gasteiger partial charge in [0, 0.05) is 22.0 Å².